The van der Waals surface area contributed by atoms with Crippen LogP contribution in [0, 0.1) is 0 Å². The smallest absolute Gasteiger partial charge is 0.225 e. The number of piperidine rings is 1. The summed E-state index contributed by atoms with van der Waals surface area (Å²) in [6, 6.07) is 14.4. The van der Waals surface area contributed by atoms with Crippen LogP contribution in [0.15, 0.2) is 54.9 Å². The van der Waals surface area contributed by atoms with Crippen LogP contribution in [0.1, 0.15) is 12.8 Å². The van der Waals surface area contributed by atoms with E-state index in [1.165, 1.54) is 0 Å². The number of fused-ring (bicyclic) bond motifs is 1. The van der Waals surface area contributed by atoms with E-state index in [9.17, 15) is 0 Å². The van der Waals surface area contributed by atoms with Crippen LogP contribution < -0.4 is 16.4 Å². The van der Waals surface area contributed by atoms with Crippen LogP contribution in [0.2, 0.25) is 0 Å². The number of hydrogen-bond donors (Lipinski definition) is 2. The van der Waals surface area contributed by atoms with Gasteiger partial charge in [-0.2, -0.15) is 5.10 Å². The second-order valence-corrected chi connectivity index (χ2v) is 7.96. The zero-order chi connectivity index (χ0) is 20.7. The number of rotatable bonds is 3. The molecule has 0 radical (unpaired) electrons. The molecule has 4 aromatic rings. The van der Waals surface area contributed by atoms with Gasteiger partial charge in [-0.15, -0.1) is 0 Å². The molecule has 0 amide bonds. The van der Waals surface area contributed by atoms with Crippen molar-refractivity contribution in [3.05, 3.63) is 54.9 Å². The normalized spacial score (nSPS) is 15.1. The maximum Gasteiger partial charge on any atom is 0.225 e. The van der Waals surface area contributed by atoms with Crippen molar-refractivity contribution in [3.8, 4) is 22.4 Å². The number of aryl methyl sites for hydroxylation is 1. The lowest BCUT2D eigenvalue weighted by atomic mass is 9.99. The number of benzene rings is 2. The van der Waals surface area contributed by atoms with E-state index in [0.29, 0.717) is 0 Å². The number of hydrogen-bond acceptors (Lipinski definition) is 6. The monoisotopic (exact) mass is 399 g/mol. The molecule has 7 heteroatoms. The van der Waals surface area contributed by atoms with Crippen molar-refractivity contribution in [3.63, 3.8) is 0 Å². The van der Waals surface area contributed by atoms with Crippen molar-refractivity contribution < 1.29 is 0 Å². The van der Waals surface area contributed by atoms with Gasteiger partial charge in [0.25, 0.3) is 0 Å². The van der Waals surface area contributed by atoms with Gasteiger partial charge in [0, 0.05) is 60.8 Å². The van der Waals surface area contributed by atoms with Gasteiger partial charge in [-0.1, -0.05) is 24.3 Å². The molecule has 0 atom stereocenters. The quantitative estimate of drug-likeness (QED) is 0.513. The van der Waals surface area contributed by atoms with Crippen LogP contribution in [0.25, 0.3) is 33.3 Å². The lowest BCUT2D eigenvalue weighted by Crippen LogP contribution is -2.40. The molecule has 1 aliphatic heterocycles. The summed E-state index contributed by atoms with van der Waals surface area (Å²) in [7, 11) is 1.93. The highest BCUT2D eigenvalue weighted by Crippen LogP contribution is 2.33. The van der Waals surface area contributed by atoms with Gasteiger partial charge in [-0.25, -0.2) is 9.97 Å². The molecule has 1 fully saturated rings. The Labute approximate surface area is 175 Å². The summed E-state index contributed by atoms with van der Waals surface area (Å²) < 4.78 is 1.83. The van der Waals surface area contributed by atoms with Crippen LogP contribution in [0.4, 0.5) is 11.6 Å². The Hall–Kier alpha value is -3.45. The predicted octanol–water partition coefficient (Wildman–Crippen LogP) is 3.21. The average Bonchev–Trinajstić information content (AvgIpc) is 3.13. The molecular formula is C23H25N7. The molecule has 152 valence electrons. The summed E-state index contributed by atoms with van der Waals surface area (Å²) in [5.74, 6) is 0.747. The van der Waals surface area contributed by atoms with E-state index in [4.69, 9.17) is 21.4 Å². The molecule has 5 rings (SSSR count). The highest BCUT2D eigenvalue weighted by atomic mass is 15.3. The topological polar surface area (TPSA) is 98.9 Å². The van der Waals surface area contributed by atoms with Gasteiger partial charge in [0.2, 0.25) is 5.95 Å². The van der Waals surface area contributed by atoms with Gasteiger partial charge >= 0.3 is 0 Å². The Morgan fingerprint density at radius 1 is 1.00 bits per heavy atom. The molecule has 0 saturated carbocycles. The van der Waals surface area contributed by atoms with Gasteiger partial charge in [-0.05, 0) is 36.6 Å². The van der Waals surface area contributed by atoms with Crippen molar-refractivity contribution in [1.82, 2.24) is 19.7 Å². The molecule has 4 N–H and O–H groups in total. The lowest BCUT2D eigenvalue weighted by Gasteiger charge is -2.30. The summed E-state index contributed by atoms with van der Waals surface area (Å²) in [5, 5.41) is 5.66. The van der Waals surface area contributed by atoms with Crippen LogP contribution in [0.3, 0.4) is 0 Å². The average molecular weight is 400 g/mol. The Morgan fingerprint density at radius 2 is 1.73 bits per heavy atom. The highest BCUT2D eigenvalue weighted by molar-refractivity contribution is 5.88. The van der Waals surface area contributed by atoms with Gasteiger partial charge < -0.3 is 16.4 Å². The first kappa shape index (κ1) is 18.6. The van der Waals surface area contributed by atoms with Crippen molar-refractivity contribution in [2.75, 3.05) is 23.7 Å². The van der Waals surface area contributed by atoms with Crippen molar-refractivity contribution in [1.29, 1.82) is 0 Å². The Bertz CT molecular complexity index is 1190. The van der Waals surface area contributed by atoms with E-state index < -0.39 is 0 Å². The SMILES string of the molecule is Cn1cc2ccc(-c3cnc(N4CCC(N)CC4)nc3-c3ccc(N)cc3)cc2n1. The first-order valence-corrected chi connectivity index (χ1v) is 10.2. The molecule has 0 spiro atoms. The fourth-order valence-corrected chi connectivity index (χ4v) is 4.00. The number of nitrogens with zero attached hydrogens (tertiary/aromatic N) is 5. The van der Waals surface area contributed by atoms with Crippen molar-refractivity contribution >= 4 is 22.5 Å². The van der Waals surface area contributed by atoms with Crippen molar-refractivity contribution in [2.45, 2.75) is 18.9 Å². The van der Waals surface area contributed by atoms with Gasteiger partial charge in [0.1, 0.15) is 0 Å². The molecule has 1 aliphatic rings. The Kier molecular flexibility index (Phi) is 4.59. The van der Waals surface area contributed by atoms with E-state index in [2.05, 4.69) is 28.2 Å². The first-order chi connectivity index (χ1) is 14.6. The van der Waals surface area contributed by atoms with Crippen LogP contribution in [-0.4, -0.2) is 38.9 Å². The van der Waals surface area contributed by atoms with E-state index >= 15 is 0 Å². The molecule has 3 heterocycles. The maximum atomic E-state index is 6.07. The standard InChI is InChI=1S/C23H25N7/c1-29-14-17-3-2-16(12-21(17)28-29)20-13-26-23(30-10-8-19(25)9-11-30)27-22(20)15-4-6-18(24)7-5-15/h2-7,12-14,19H,8-11,24-25H2,1H3. The molecule has 2 aromatic heterocycles. The van der Waals surface area contributed by atoms with E-state index in [1.807, 2.05) is 48.4 Å². The summed E-state index contributed by atoms with van der Waals surface area (Å²) in [6.45, 7) is 1.75. The third-order valence-corrected chi connectivity index (χ3v) is 5.72. The molecule has 2 aromatic carbocycles. The summed E-state index contributed by atoms with van der Waals surface area (Å²) in [4.78, 5) is 11.9. The van der Waals surface area contributed by atoms with E-state index in [0.717, 1.165) is 70.9 Å². The Balaban J connectivity index is 1.62. The number of anilines is 2. The van der Waals surface area contributed by atoms with Crippen LogP contribution >= 0.6 is 0 Å². The van der Waals surface area contributed by atoms with Gasteiger partial charge in [0.05, 0.1) is 11.2 Å². The second-order valence-electron chi connectivity index (χ2n) is 7.96. The second kappa shape index (κ2) is 7.42. The minimum Gasteiger partial charge on any atom is -0.399 e. The van der Waals surface area contributed by atoms with Crippen LogP contribution in [-0.2, 0) is 7.05 Å². The predicted molar refractivity (Wildman–Crippen MR) is 121 cm³/mol. The van der Waals surface area contributed by atoms with Crippen LogP contribution in [0.5, 0.6) is 0 Å². The first-order valence-electron chi connectivity index (χ1n) is 10.2. The molecule has 7 nitrogen and oxygen atoms in total. The summed E-state index contributed by atoms with van der Waals surface area (Å²) in [5.41, 5.74) is 17.6. The van der Waals surface area contributed by atoms with E-state index in [-0.39, 0.29) is 6.04 Å². The zero-order valence-corrected chi connectivity index (χ0v) is 17.0. The largest absolute Gasteiger partial charge is 0.399 e. The molecule has 0 bridgehead atoms. The third kappa shape index (κ3) is 3.48. The fraction of sp³-hybridized carbons (Fsp3) is 0.261. The summed E-state index contributed by atoms with van der Waals surface area (Å²) in [6.07, 6.45) is 5.85. The molecule has 0 unspecified atom stereocenters. The van der Waals surface area contributed by atoms with E-state index in [1.54, 1.807) is 0 Å². The van der Waals surface area contributed by atoms with Gasteiger partial charge in [0.15, 0.2) is 0 Å². The lowest BCUT2D eigenvalue weighted by molar-refractivity contribution is 0.495. The minimum atomic E-state index is 0.266. The molecule has 30 heavy (non-hydrogen) atoms. The third-order valence-electron chi connectivity index (χ3n) is 5.72. The summed E-state index contributed by atoms with van der Waals surface area (Å²) >= 11 is 0. The molecular weight excluding hydrogens is 374 g/mol. The highest BCUT2D eigenvalue weighted by Gasteiger charge is 2.20. The number of nitrogens with two attached hydrogens (primary N) is 2. The molecule has 1 saturated heterocycles. The minimum absolute atomic E-state index is 0.266. The molecule has 0 aliphatic carbocycles. The Morgan fingerprint density at radius 3 is 2.50 bits per heavy atom. The number of nitrogen functional groups attached to an aromatic ring is 1. The zero-order valence-electron chi connectivity index (χ0n) is 17.0. The van der Waals surface area contributed by atoms with Gasteiger partial charge in [-0.3, -0.25) is 4.68 Å². The maximum absolute atomic E-state index is 6.07. The fourth-order valence-electron chi connectivity index (χ4n) is 4.00. The van der Waals surface area contributed by atoms with Crippen molar-refractivity contribution in [2.24, 2.45) is 12.8 Å². The number of aromatic nitrogens is 4.